The first-order chi connectivity index (χ1) is 14.1. The first-order valence-corrected chi connectivity index (χ1v) is 10.4. The number of benzene rings is 2. The monoisotopic (exact) mass is 400 g/mol. The van der Waals surface area contributed by atoms with E-state index in [2.05, 4.69) is 29.0 Å². The van der Waals surface area contributed by atoms with Crippen LogP contribution in [0, 0.1) is 11.7 Å². The lowest BCUT2D eigenvalue weighted by molar-refractivity contribution is 0.142. The second kappa shape index (κ2) is 10.6. The molecule has 29 heavy (non-hydrogen) atoms. The molecule has 1 aliphatic heterocycles. The van der Waals surface area contributed by atoms with Crippen LogP contribution in [0.5, 0.6) is 11.5 Å². The second-order valence-electron chi connectivity index (χ2n) is 8.06. The summed E-state index contributed by atoms with van der Waals surface area (Å²) in [5, 5.41) is 0. The molecular weight excluding hydrogens is 367 g/mol. The zero-order valence-corrected chi connectivity index (χ0v) is 17.9. The summed E-state index contributed by atoms with van der Waals surface area (Å²) in [7, 11) is 5.34. The predicted octanol–water partition coefficient (Wildman–Crippen LogP) is 4.23. The number of methoxy groups -OCH3 is 2. The van der Waals surface area contributed by atoms with Crippen LogP contribution in [0.4, 0.5) is 4.39 Å². The Morgan fingerprint density at radius 1 is 1.07 bits per heavy atom. The third-order valence-electron chi connectivity index (χ3n) is 5.75. The van der Waals surface area contributed by atoms with Crippen LogP contribution in [0.2, 0.25) is 0 Å². The molecule has 0 amide bonds. The van der Waals surface area contributed by atoms with Crippen molar-refractivity contribution in [1.29, 1.82) is 0 Å². The number of rotatable bonds is 9. The molecule has 0 aliphatic carbocycles. The van der Waals surface area contributed by atoms with E-state index in [1.165, 1.54) is 31.0 Å². The summed E-state index contributed by atoms with van der Waals surface area (Å²) in [5.74, 6) is 1.91. The average Bonchev–Trinajstić information content (AvgIpc) is 2.74. The van der Waals surface area contributed by atoms with E-state index < -0.39 is 0 Å². The molecule has 3 rings (SSSR count). The highest BCUT2D eigenvalue weighted by Crippen LogP contribution is 2.21. The van der Waals surface area contributed by atoms with Crippen molar-refractivity contribution in [2.75, 3.05) is 47.4 Å². The molecule has 1 heterocycles. The molecule has 4 nitrogen and oxygen atoms in total. The number of hydrogen-bond donors (Lipinski definition) is 0. The van der Waals surface area contributed by atoms with Crippen LogP contribution in [0.15, 0.2) is 42.5 Å². The van der Waals surface area contributed by atoms with E-state index in [1.807, 2.05) is 24.3 Å². The van der Waals surface area contributed by atoms with Crippen molar-refractivity contribution in [3.63, 3.8) is 0 Å². The quantitative estimate of drug-likeness (QED) is 0.629. The first-order valence-electron chi connectivity index (χ1n) is 10.4. The Morgan fingerprint density at radius 2 is 1.79 bits per heavy atom. The van der Waals surface area contributed by atoms with Crippen molar-refractivity contribution in [1.82, 2.24) is 9.80 Å². The fourth-order valence-electron chi connectivity index (χ4n) is 4.16. The van der Waals surface area contributed by atoms with E-state index in [-0.39, 0.29) is 5.82 Å². The minimum atomic E-state index is -0.194. The second-order valence-corrected chi connectivity index (χ2v) is 8.06. The van der Waals surface area contributed by atoms with Crippen molar-refractivity contribution in [2.24, 2.45) is 5.92 Å². The summed E-state index contributed by atoms with van der Waals surface area (Å²) in [6.45, 7) is 4.98. The van der Waals surface area contributed by atoms with Gasteiger partial charge in [-0.25, -0.2) is 4.39 Å². The zero-order valence-electron chi connectivity index (χ0n) is 17.9. The average molecular weight is 401 g/mol. The van der Waals surface area contributed by atoms with E-state index in [0.29, 0.717) is 18.2 Å². The molecule has 0 unspecified atom stereocenters. The van der Waals surface area contributed by atoms with Crippen molar-refractivity contribution < 1.29 is 13.9 Å². The molecule has 0 aromatic heterocycles. The van der Waals surface area contributed by atoms with E-state index in [9.17, 15) is 4.39 Å². The lowest BCUT2D eigenvalue weighted by Gasteiger charge is -2.34. The van der Waals surface area contributed by atoms with Gasteiger partial charge in [0, 0.05) is 37.8 Å². The van der Waals surface area contributed by atoms with Crippen LogP contribution >= 0.6 is 0 Å². The van der Waals surface area contributed by atoms with Crippen LogP contribution in [-0.2, 0) is 13.0 Å². The van der Waals surface area contributed by atoms with Gasteiger partial charge in [0.15, 0.2) is 0 Å². The Bertz CT molecular complexity index is 766. The Labute approximate surface area is 174 Å². The predicted molar refractivity (Wildman–Crippen MR) is 115 cm³/mol. The molecule has 1 aliphatic rings. The highest BCUT2D eigenvalue weighted by Gasteiger charge is 2.21. The fraction of sp³-hybridized carbons (Fsp3) is 0.500. The molecule has 0 N–H and O–H groups in total. The van der Waals surface area contributed by atoms with Crippen LogP contribution in [0.1, 0.15) is 24.0 Å². The summed E-state index contributed by atoms with van der Waals surface area (Å²) >= 11 is 0. The highest BCUT2D eigenvalue weighted by molar-refractivity contribution is 5.29. The molecule has 0 radical (unpaired) electrons. The zero-order chi connectivity index (χ0) is 20.6. The number of hydrogen-bond acceptors (Lipinski definition) is 4. The molecule has 0 saturated carbocycles. The van der Waals surface area contributed by atoms with E-state index >= 15 is 0 Å². The van der Waals surface area contributed by atoms with Gasteiger partial charge in [-0.15, -0.1) is 0 Å². The standard InChI is InChI=1S/C24H33FN2O2/c1-26(18-21-8-11-23(29-3)15-24(21)25)16-20-5-4-13-27(17-20)14-12-19-6-9-22(28-2)10-7-19/h6-11,15,20H,4-5,12-14,16-18H2,1-3H3/t20-/m0/s1. The molecule has 0 bridgehead atoms. The summed E-state index contributed by atoms with van der Waals surface area (Å²) in [6, 6.07) is 13.5. The van der Waals surface area contributed by atoms with Crippen LogP contribution in [-0.4, -0.2) is 57.2 Å². The summed E-state index contributed by atoms with van der Waals surface area (Å²) < 4.78 is 24.5. The van der Waals surface area contributed by atoms with Gasteiger partial charge in [0.1, 0.15) is 17.3 Å². The highest BCUT2D eigenvalue weighted by atomic mass is 19.1. The smallest absolute Gasteiger partial charge is 0.131 e. The summed E-state index contributed by atoms with van der Waals surface area (Å²) in [6.07, 6.45) is 3.54. The van der Waals surface area contributed by atoms with Gasteiger partial charge < -0.3 is 19.3 Å². The Morgan fingerprint density at radius 3 is 2.48 bits per heavy atom. The van der Waals surface area contributed by atoms with Gasteiger partial charge in [0.25, 0.3) is 0 Å². The van der Waals surface area contributed by atoms with Crippen LogP contribution in [0.25, 0.3) is 0 Å². The van der Waals surface area contributed by atoms with Crippen molar-refractivity contribution in [3.05, 3.63) is 59.4 Å². The molecule has 158 valence electrons. The Balaban J connectivity index is 1.46. The maximum atomic E-state index is 14.2. The number of piperidine rings is 1. The van der Waals surface area contributed by atoms with Crippen LogP contribution < -0.4 is 9.47 Å². The Hall–Kier alpha value is -2.11. The molecule has 1 fully saturated rings. The number of halogens is 1. The number of ether oxygens (including phenoxy) is 2. The summed E-state index contributed by atoms with van der Waals surface area (Å²) in [4.78, 5) is 4.81. The van der Waals surface area contributed by atoms with E-state index in [0.717, 1.165) is 37.4 Å². The SMILES string of the molecule is COc1ccc(CCN2CCC[C@@H](CN(C)Cc3ccc(OC)cc3F)C2)cc1. The van der Waals surface area contributed by atoms with Gasteiger partial charge in [-0.1, -0.05) is 18.2 Å². The van der Waals surface area contributed by atoms with Crippen molar-refractivity contribution >= 4 is 0 Å². The maximum absolute atomic E-state index is 14.2. The van der Waals surface area contributed by atoms with Crippen molar-refractivity contribution in [2.45, 2.75) is 25.8 Å². The van der Waals surface area contributed by atoms with E-state index in [1.54, 1.807) is 14.2 Å². The van der Waals surface area contributed by atoms with Gasteiger partial charge in [-0.2, -0.15) is 0 Å². The molecular formula is C24H33FN2O2. The van der Waals surface area contributed by atoms with Crippen LogP contribution in [0.3, 0.4) is 0 Å². The van der Waals surface area contributed by atoms with Gasteiger partial charge in [0.05, 0.1) is 14.2 Å². The Kier molecular flexibility index (Phi) is 7.90. The molecule has 2 aromatic rings. The topological polar surface area (TPSA) is 24.9 Å². The third-order valence-corrected chi connectivity index (χ3v) is 5.75. The van der Waals surface area contributed by atoms with Gasteiger partial charge >= 0.3 is 0 Å². The molecule has 5 heteroatoms. The largest absolute Gasteiger partial charge is 0.497 e. The molecule has 2 aromatic carbocycles. The van der Waals surface area contributed by atoms with Gasteiger partial charge in [-0.3, -0.25) is 0 Å². The fourth-order valence-corrected chi connectivity index (χ4v) is 4.16. The van der Waals surface area contributed by atoms with E-state index in [4.69, 9.17) is 9.47 Å². The molecule has 0 spiro atoms. The van der Waals surface area contributed by atoms with Gasteiger partial charge in [-0.05, 0) is 62.5 Å². The third kappa shape index (κ3) is 6.44. The normalized spacial score (nSPS) is 17.5. The first kappa shape index (κ1) is 21.6. The van der Waals surface area contributed by atoms with Crippen molar-refractivity contribution in [3.8, 4) is 11.5 Å². The lowest BCUT2D eigenvalue weighted by atomic mass is 9.97. The molecule has 1 atom stereocenters. The number of likely N-dealkylation sites (tertiary alicyclic amines) is 1. The molecule has 1 saturated heterocycles. The lowest BCUT2D eigenvalue weighted by Crippen LogP contribution is -2.40. The minimum Gasteiger partial charge on any atom is -0.497 e. The number of nitrogens with zero attached hydrogens (tertiary/aromatic N) is 2. The van der Waals surface area contributed by atoms with Gasteiger partial charge in [0.2, 0.25) is 0 Å². The minimum absolute atomic E-state index is 0.194. The summed E-state index contributed by atoms with van der Waals surface area (Å²) in [5.41, 5.74) is 2.07. The maximum Gasteiger partial charge on any atom is 0.131 e.